The van der Waals surface area contributed by atoms with E-state index in [0.717, 1.165) is 0 Å². The van der Waals surface area contributed by atoms with Crippen molar-refractivity contribution in [3.8, 4) is 5.75 Å². The summed E-state index contributed by atoms with van der Waals surface area (Å²) in [6.45, 7) is 3.48. The van der Waals surface area contributed by atoms with Crippen molar-refractivity contribution in [1.82, 2.24) is 5.32 Å². The van der Waals surface area contributed by atoms with Crippen molar-refractivity contribution in [3.05, 3.63) is 29.8 Å². The molecule has 0 fully saturated rings. The first kappa shape index (κ1) is 27.1. The van der Waals surface area contributed by atoms with Gasteiger partial charge < -0.3 is 24.0 Å². The maximum Gasteiger partial charge on any atom is 1.00 e. The summed E-state index contributed by atoms with van der Waals surface area (Å²) in [5, 5.41) is 13.5. The van der Waals surface area contributed by atoms with Crippen molar-refractivity contribution >= 4 is 22.3 Å². The van der Waals surface area contributed by atoms with E-state index >= 15 is 0 Å². The Balaban J connectivity index is 0. The first-order valence-corrected chi connectivity index (χ1v) is 8.21. The van der Waals surface area contributed by atoms with Crippen molar-refractivity contribution in [2.75, 3.05) is 0 Å². The molecule has 128 valence electrons. The van der Waals surface area contributed by atoms with Crippen molar-refractivity contribution < 1.29 is 91.0 Å². The summed E-state index contributed by atoms with van der Waals surface area (Å²) in [5.74, 6) is -2.32. The van der Waals surface area contributed by atoms with Gasteiger partial charge in [-0.15, -0.1) is 0 Å². The number of carboxylic acid groups (broad SMARTS) is 1. The number of hydrogen-bond donors (Lipinski definition) is 1. The zero-order valence-electron chi connectivity index (χ0n) is 14.6. The Morgan fingerprint density at radius 3 is 2.12 bits per heavy atom. The number of carbonyl (C=O) groups excluding carboxylic acids is 2. The molecular weight excluding hydrogens is 372 g/mol. The summed E-state index contributed by atoms with van der Waals surface area (Å²) < 4.78 is 35.5. The molecule has 1 aromatic rings. The third-order valence-corrected chi connectivity index (χ3v) is 3.62. The van der Waals surface area contributed by atoms with Gasteiger partial charge in [-0.05, 0) is 30.5 Å². The average molecular weight is 389 g/mol. The first-order valence-electron chi connectivity index (χ1n) is 6.88. The predicted molar refractivity (Wildman–Crippen MR) is 76.9 cm³/mol. The third kappa shape index (κ3) is 10.6. The summed E-state index contributed by atoms with van der Waals surface area (Å²) in [7, 11) is -4.87. The Bertz CT molecular complexity index is 664. The van der Waals surface area contributed by atoms with Crippen LogP contribution in [0.1, 0.15) is 25.8 Å². The van der Waals surface area contributed by atoms with Crippen molar-refractivity contribution in [3.63, 3.8) is 0 Å². The van der Waals surface area contributed by atoms with Gasteiger partial charge in [0, 0.05) is 5.92 Å². The molecule has 0 aliphatic heterocycles. The second kappa shape index (κ2) is 12.3. The Labute approximate surface area is 191 Å². The van der Waals surface area contributed by atoms with Gasteiger partial charge in [0.15, 0.2) is 0 Å². The van der Waals surface area contributed by atoms with E-state index in [2.05, 4.69) is 9.50 Å². The van der Waals surface area contributed by atoms with Gasteiger partial charge in [0.25, 0.3) is 10.4 Å². The summed E-state index contributed by atoms with van der Waals surface area (Å²) in [4.78, 5) is 22.9. The maximum atomic E-state index is 11.8. The summed E-state index contributed by atoms with van der Waals surface area (Å²) in [6.07, 6.45) is 0.524. The molecule has 0 heterocycles. The number of carboxylic acids is 1. The summed E-state index contributed by atoms with van der Waals surface area (Å²) in [5.41, 5.74) is 0.499. The second-order valence-corrected chi connectivity index (χ2v) is 6.01. The number of nitrogens with one attached hydrogen (secondary N) is 1. The largest absolute Gasteiger partial charge is 1.00 e. The molecule has 1 unspecified atom stereocenters. The van der Waals surface area contributed by atoms with Gasteiger partial charge >= 0.3 is 59.1 Å². The number of amides is 1. The Morgan fingerprint density at radius 1 is 1.20 bits per heavy atom. The van der Waals surface area contributed by atoms with Crippen LogP contribution < -0.4 is 73.7 Å². The molecule has 0 radical (unpaired) electrons. The molecule has 11 heteroatoms. The Morgan fingerprint density at radius 2 is 1.72 bits per heavy atom. The van der Waals surface area contributed by atoms with E-state index in [-0.39, 0.29) is 83.1 Å². The van der Waals surface area contributed by atoms with Gasteiger partial charge in [-0.2, -0.15) is 0 Å². The maximum absolute atomic E-state index is 11.8. The van der Waals surface area contributed by atoms with Gasteiger partial charge in [0.1, 0.15) is 5.75 Å². The number of rotatable bonds is 8. The standard InChI is InChI=1S/C14H19NO7S.2Na/c1-3-9(2)13(16)15-12(14(17)18)8-10-4-6-11(7-5-10)22-23(19,20)21;;/h4-7,9,12H,3,8H2,1-2H3,(H,15,16)(H,17,18)(H,19,20,21);;/q;2*+1/p-2/t9?,12-;;/m1../s1. The van der Waals surface area contributed by atoms with Crippen LogP contribution in [0.25, 0.3) is 0 Å². The zero-order chi connectivity index (χ0) is 17.6. The van der Waals surface area contributed by atoms with Crippen LogP contribution in [0.5, 0.6) is 5.75 Å². The Hall–Kier alpha value is -0.130. The average Bonchev–Trinajstić information content (AvgIpc) is 2.45. The summed E-state index contributed by atoms with van der Waals surface area (Å²) >= 11 is 0. The Kier molecular flexibility index (Phi) is 13.3. The van der Waals surface area contributed by atoms with E-state index in [1.165, 1.54) is 24.3 Å². The molecule has 0 saturated heterocycles. The molecule has 25 heavy (non-hydrogen) atoms. The van der Waals surface area contributed by atoms with Gasteiger partial charge in [-0.1, -0.05) is 26.0 Å². The molecule has 0 aliphatic carbocycles. The topological polar surface area (TPSA) is 136 Å². The fourth-order valence-corrected chi connectivity index (χ4v) is 2.07. The van der Waals surface area contributed by atoms with E-state index in [9.17, 15) is 27.7 Å². The molecule has 8 nitrogen and oxygen atoms in total. The first-order chi connectivity index (χ1) is 10.6. The molecule has 1 rings (SSSR count). The quantitative estimate of drug-likeness (QED) is 0.265. The molecule has 0 spiro atoms. The minimum absolute atomic E-state index is 0. The SMILES string of the molecule is CCC(C)C(=O)N[C@H](Cc1ccc(OS(=O)(=O)[O-])cc1)C(=O)[O-].[Na+].[Na+]. The van der Waals surface area contributed by atoms with Crippen molar-refractivity contribution in [2.45, 2.75) is 32.7 Å². The van der Waals surface area contributed by atoms with Crippen LogP contribution in [0.15, 0.2) is 24.3 Å². The summed E-state index contributed by atoms with van der Waals surface area (Å²) in [6, 6.07) is 4.00. The second-order valence-electron chi connectivity index (χ2n) is 5.03. The number of carbonyl (C=O) groups is 2. The molecule has 1 amide bonds. The van der Waals surface area contributed by atoms with Gasteiger partial charge in [-0.25, -0.2) is 8.42 Å². The normalized spacial score (nSPS) is 12.8. The van der Waals surface area contributed by atoms with Crippen molar-refractivity contribution in [1.29, 1.82) is 0 Å². The molecule has 0 saturated carbocycles. The molecule has 1 N–H and O–H groups in total. The van der Waals surface area contributed by atoms with Crippen LogP contribution in [0.3, 0.4) is 0 Å². The van der Waals surface area contributed by atoms with Gasteiger partial charge in [0.05, 0.1) is 12.0 Å². The molecule has 0 aromatic heterocycles. The van der Waals surface area contributed by atoms with Gasteiger partial charge in [-0.3, -0.25) is 4.79 Å². The monoisotopic (exact) mass is 389 g/mol. The number of hydrogen-bond acceptors (Lipinski definition) is 7. The van der Waals surface area contributed by atoms with Crippen LogP contribution in [0.4, 0.5) is 0 Å². The third-order valence-electron chi connectivity index (χ3n) is 3.22. The fourth-order valence-electron chi connectivity index (χ4n) is 1.73. The minimum atomic E-state index is -4.87. The molecular formula is C14H17NNa2O7S. The van der Waals surface area contributed by atoms with Crippen LogP contribution in [0.2, 0.25) is 0 Å². The number of aliphatic carboxylic acids is 1. The van der Waals surface area contributed by atoms with Crippen LogP contribution >= 0.6 is 0 Å². The van der Waals surface area contributed by atoms with E-state index in [1.807, 2.05) is 0 Å². The minimum Gasteiger partial charge on any atom is -0.716 e. The van der Waals surface area contributed by atoms with Gasteiger partial charge in [0.2, 0.25) is 5.91 Å². The van der Waals surface area contributed by atoms with E-state index < -0.39 is 22.4 Å². The van der Waals surface area contributed by atoms with Crippen LogP contribution in [-0.2, 0) is 26.4 Å². The number of benzene rings is 1. The fraction of sp³-hybridized carbons (Fsp3) is 0.429. The van der Waals surface area contributed by atoms with Crippen LogP contribution in [0, 0.1) is 5.92 Å². The zero-order valence-corrected chi connectivity index (χ0v) is 19.5. The van der Waals surface area contributed by atoms with Crippen molar-refractivity contribution in [2.24, 2.45) is 5.92 Å². The molecule has 1 aromatic carbocycles. The molecule has 2 atom stereocenters. The van der Waals surface area contributed by atoms with E-state index in [1.54, 1.807) is 13.8 Å². The molecule has 0 bridgehead atoms. The molecule has 0 aliphatic rings. The van der Waals surface area contributed by atoms with Crippen LogP contribution in [-0.4, -0.2) is 30.9 Å². The van der Waals surface area contributed by atoms with E-state index in [0.29, 0.717) is 12.0 Å². The smallest absolute Gasteiger partial charge is 0.716 e. The predicted octanol–water partition coefficient (Wildman–Crippen LogP) is -6.64. The van der Waals surface area contributed by atoms with E-state index in [4.69, 9.17) is 0 Å².